The van der Waals surface area contributed by atoms with Crippen LogP contribution in [0.2, 0.25) is 10.0 Å². The lowest BCUT2D eigenvalue weighted by Crippen LogP contribution is -2.39. The molecule has 1 aromatic heterocycles. The maximum Gasteiger partial charge on any atom is 0.145 e. The number of nitrogens with one attached hydrogen (secondary N) is 1. The minimum atomic E-state index is -0.161. The number of aromatic nitrogens is 1. The molecule has 0 aliphatic rings. The van der Waals surface area contributed by atoms with Gasteiger partial charge in [-0.2, -0.15) is 0 Å². The van der Waals surface area contributed by atoms with E-state index in [0.29, 0.717) is 21.7 Å². The summed E-state index contributed by atoms with van der Waals surface area (Å²) in [5, 5.41) is 4.35. The molecule has 5 heteroatoms. The molecular formula is C11H15Cl3N2. The summed E-state index contributed by atoms with van der Waals surface area (Å²) < 4.78 is 0. The average molecular weight is 282 g/mol. The summed E-state index contributed by atoms with van der Waals surface area (Å²) in [5.74, 6) is 1.15. The van der Waals surface area contributed by atoms with Crippen molar-refractivity contribution >= 4 is 40.6 Å². The Morgan fingerprint density at radius 3 is 2.38 bits per heavy atom. The highest BCUT2D eigenvalue weighted by Crippen LogP contribution is 2.28. The van der Waals surface area contributed by atoms with E-state index in [0.717, 1.165) is 12.8 Å². The maximum atomic E-state index is 6.05. The first-order valence-electron chi connectivity index (χ1n) is 5.22. The third kappa shape index (κ3) is 3.16. The van der Waals surface area contributed by atoms with Crippen molar-refractivity contribution < 1.29 is 0 Å². The smallest absolute Gasteiger partial charge is 0.145 e. The minimum Gasteiger partial charge on any atom is -0.362 e. The number of nitrogens with zero attached hydrogens (tertiary/aromatic N) is 1. The van der Waals surface area contributed by atoms with Crippen molar-refractivity contribution in [3.63, 3.8) is 0 Å². The van der Waals surface area contributed by atoms with Gasteiger partial charge in [-0.15, -0.1) is 11.6 Å². The van der Waals surface area contributed by atoms with Crippen LogP contribution in [-0.4, -0.2) is 16.4 Å². The lowest BCUT2D eigenvalue weighted by atomic mass is 9.95. The monoisotopic (exact) mass is 280 g/mol. The van der Waals surface area contributed by atoms with E-state index in [9.17, 15) is 0 Å². The van der Waals surface area contributed by atoms with Crippen LogP contribution in [0.4, 0.5) is 5.82 Å². The molecule has 0 saturated carbocycles. The van der Waals surface area contributed by atoms with Crippen LogP contribution in [0, 0.1) is 0 Å². The molecule has 0 saturated heterocycles. The van der Waals surface area contributed by atoms with E-state index >= 15 is 0 Å². The third-order valence-corrected chi connectivity index (χ3v) is 3.81. The second-order valence-corrected chi connectivity index (χ2v) is 4.84. The number of hydrogen-bond acceptors (Lipinski definition) is 2. The minimum absolute atomic E-state index is 0.161. The Bertz CT molecular complexity index is 343. The van der Waals surface area contributed by atoms with Gasteiger partial charge >= 0.3 is 0 Å². The first-order chi connectivity index (χ1) is 7.56. The molecule has 1 aromatic rings. The molecule has 16 heavy (non-hydrogen) atoms. The van der Waals surface area contributed by atoms with Crippen molar-refractivity contribution in [2.45, 2.75) is 32.2 Å². The molecule has 1 rings (SSSR count). The Morgan fingerprint density at radius 2 is 1.94 bits per heavy atom. The van der Waals surface area contributed by atoms with Crippen molar-refractivity contribution in [1.82, 2.24) is 4.98 Å². The van der Waals surface area contributed by atoms with E-state index in [1.165, 1.54) is 0 Å². The summed E-state index contributed by atoms with van der Waals surface area (Å²) in [6.45, 7) is 4.17. The summed E-state index contributed by atoms with van der Waals surface area (Å²) in [4.78, 5) is 4.17. The van der Waals surface area contributed by atoms with Gasteiger partial charge in [-0.3, -0.25) is 0 Å². The number of halogens is 3. The second kappa shape index (κ2) is 5.95. The van der Waals surface area contributed by atoms with Crippen LogP contribution in [0.3, 0.4) is 0 Å². The van der Waals surface area contributed by atoms with Gasteiger partial charge in [0.05, 0.1) is 15.6 Å². The zero-order chi connectivity index (χ0) is 12.2. The van der Waals surface area contributed by atoms with Crippen molar-refractivity contribution in [1.29, 1.82) is 0 Å². The largest absolute Gasteiger partial charge is 0.362 e. The van der Waals surface area contributed by atoms with E-state index in [-0.39, 0.29) is 5.54 Å². The predicted octanol–water partition coefficient (Wildman–Crippen LogP) is 4.60. The van der Waals surface area contributed by atoms with Crippen LogP contribution in [-0.2, 0) is 0 Å². The zero-order valence-corrected chi connectivity index (χ0v) is 11.6. The molecule has 0 radical (unpaired) electrons. The average Bonchev–Trinajstić information content (AvgIpc) is 2.29. The number of hydrogen-bond donors (Lipinski definition) is 1. The van der Waals surface area contributed by atoms with Crippen LogP contribution in [0.25, 0.3) is 0 Å². The van der Waals surface area contributed by atoms with E-state index in [2.05, 4.69) is 24.1 Å². The van der Waals surface area contributed by atoms with Gasteiger partial charge in [-0.1, -0.05) is 37.0 Å². The molecular weight excluding hydrogens is 266 g/mol. The number of anilines is 1. The summed E-state index contributed by atoms with van der Waals surface area (Å²) in [5.41, 5.74) is -0.161. The Hall–Kier alpha value is -0.180. The van der Waals surface area contributed by atoms with Crippen molar-refractivity contribution in [2.24, 2.45) is 0 Å². The molecule has 0 aliphatic carbocycles. The normalized spacial score (nSPS) is 11.6. The Balaban J connectivity index is 2.93. The topological polar surface area (TPSA) is 24.9 Å². The lowest BCUT2D eigenvalue weighted by molar-refractivity contribution is 0.482. The van der Waals surface area contributed by atoms with Crippen LogP contribution in [0.5, 0.6) is 0 Å². The zero-order valence-electron chi connectivity index (χ0n) is 9.36. The molecule has 0 atom stereocenters. The summed E-state index contributed by atoms with van der Waals surface area (Å²) in [6, 6.07) is 1.67. The summed E-state index contributed by atoms with van der Waals surface area (Å²) in [6.07, 6.45) is 3.39. The Morgan fingerprint density at radius 1 is 1.31 bits per heavy atom. The van der Waals surface area contributed by atoms with E-state index in [4.69, 9.17) is 34.8 Å². The molecule has 1 heterocycles. The predicted molar refractivity (Wildman–Crippen MR) is 71.9 cm³/mol. The molecule has 0 aliphatic heterocycles. The molecule has 0 aromatic carbocycles. The van der Waals surface area contributed by atoms with Crippen molar-refractivity contribution in [3.05, 3.63) is 22.3 Å². The number of alkyl halides is 1. The van der Waals surface area contributed by atoms with Gasteiger partial charge in [-0.25, -0.2) is 4.98 Å². The maximum absolute atomic E-state index is 6.05. The molecule has 2 nitrogen and oxygen atoms in total. The molecule has 0 unspecified atom stereocenters. The molecule has 0 fully saturated rings. The third-order valence-electron chi connectivity index (χ3n) is 2.80. The van der Waals surface area contributed by atoms with Crippen molar-refractivity contribution in [3.8, 4) is 0 Å². The highest BCUT2D eigenvalue weighted by Gasteiger charge is 2.25. The second-order valence-electron chi connectivity index (χ2n) is 3.73. The fourth-order valence-corrected chi connectivity index (χ4v) is 2.28. The highest BCUT2D eigenvalue weighted by molar-refractivity contribution is 6.36. The quantitative estimate of drug-likeness (QED) is 0.798. The lowest BCUT2D eigenvalue weighted by Gasteiger charge is -2.31. The standard InChI is InChI=1S/C11H15Cl3N2/c1-3-11(4-2,7-12)16-10-9(14)5-8(13)6-15-10/h5-6H,3-4,7H2,1-2H3,(H,15,16). The summed E-state index contributed by atoms with van der Waals surface area (Å²) in [7, 11) is 0. The first-order valence-corrected chi connectivity index (χ1v) is 6.51. The fraction of sp³-hybridized carbons (Fsp3) is 0.545. The first kappa shape index (κ1) is 13.9. The van der Waals surface area contributed by atoms with Crippen LogP contribution < -0.4 is 5.32 Å². The Kier molecular flexibility index (Phi) is 5.16. The molecule has 90 valence electrons. The van der Waals surface area contributed by atoms with Gasteiger partial charge in [0.25, 0.3) is 0 Å². The van der Waals surface area contributed by atoms with E-state index in [1.807, 2.05) is 0 Å². The van der Waals surface area contributed by atoms with Crippen molar-refractivity contribution in [2.75, 3.05) is 11.2 Å². The van der Waals surface area contributed by atoms with E-state index < -0.39 is 0 Å². The molecule has 0 bridgehead atoms. The molecule has 1 N–H and O–H groups in total. The SMILES string of the molecule is CCC(CC)(CCl)Nc1ncc(Cl)cc1Cl. The number of rotatable bonds is 5. The van der Waals surface area contributed by atoms with Gasteiger partial charge in [0.1, 0.15) is 5.82 Å². The van der Waals surface area contributed by atoms with Gasteiger partial charge in [0.2, 0.25) is 0 Å². The van der Waals surface area contributed by atoms with Crippen LogP contribution in [0.15, 0.2) is 12.3 Å². The fourth-order valence-electron chi connectivity index (χ4n) is 1.41. The number of pyridine rings is 1. The summed E-state index contributed by atoms with van der Waals surface area (Å²) >= 11 is 17.8. The van der Waals surface area contributed by atoms with Crippen LogP contribution in [0.1, 0.15) is 26.7 Å². The van der Waals surface area contributed by atoms with E-state index in [1.54, 1.807) is 12.3 Å². The molecule has 0 amide bonds. The van der Waals surface area contributed by atoms with Gasteiger partial charge in [0, 0.05) is 12.1 Å². The van der Waals surface area contributed by atoms with Gasteiger partial charge < -0.3 is 5.32 Å². The van der Waals surface area contributed by atoms with Crippen LogP contribution >= 0.6 is 34.8 Å². The highest BCUT2D eigenvalue weighted by atomic mass is 35.5. The Labute approximate surface area is 111 Å². The van der Waals surface area contributed by atoms with Gasteiger partial charge in [-0.05, 0) is 18.9 Å². The molecule has 0 spiro atoms. The van der Waals surface area contributed by atoms with Gasteiger partial charge in [0.15, 0.2) is 0 Å².